The molecular formula is C12H16FN3O2. The van der Waals surface area contributed by atoms with Gasteiger partial charge in [0, 0.05) is 19.8 Å². The summed E-state index contributed by atoms with van der Waals surface area (Å²) in [6.45, 7) is 1.53. The molecule has 0 spiro atoms. The van der Waals surface area contributed by atoms with Gasteiger partial charge in [-0.2, -0.15) is 0 Å². The van der Waals surface area contributed by atoms with Crippen LogP contribution in [0.15, 0.2) is 18.2 Å². The normalized spacial score (nSPS) is 11.8. The first-order chi connectivity index (χ1) is 8.32. The van der Waals surface area contributed by atoms with Crippen LogP contribution in [-0.2, 0) is 4.79 Å². The fraction of sp³-hybridized carbons (Fsp3) is 0.333. The van der Waals surface area contributed by atoms with Crippen molar-refractivity contribution >= 4 is 17.5 Å². The van der Waals surface area contributed by atoms with E-state index in [-0.39, 0.29) is 5.56 Å². The van der Waals surface area contributed by atoms with Crippen LogP contribution in [0.2, 0.25) is 0 Å². The molecule has 0 unspecified atom stereocenters. The van der Waals surface area contributed by atoms with Crippen molar-refractivity contribution in [1.29, 1.82) is 0 Å². The van der Waals surface area contributed by atoms with E-state index < -0.39 is 23.7 Å². The Balaban J connectivity index is 3.01. The molecule has 2 amide bonds. The Hall–Kier alpha value is -1.95. The van der Waals surface area contributed by atoms with Crippen LogP contribution in [0.5, 0.6) is 0 Å². The number of carbonyl (C=O) groups excluding carboxylic acids is 2. The fourth-order valence-corrected chi connectivity index (χ4v) is 1.26. The number of hydrogen-bond acceptors (Lipinski definition) is 3. The van der Waals surface area contributed by atoms with Crippen molar-refractivity contribution < 1.29 is 14.0 Å². The minimum absolute atomic E-state index is 0.0949. The summed E-state index contributed by atoms with van der Waals surface area (Å²) >= 11 is 0. The summed E-state index contributed by atoms with van der Waals surface area (Å²) in [5.74, 6) is -1.50. The third kappa shape index (κ3) is 3.27. The van der Waals surface area contributed by atoms with Gasteiger partial charge in [-0.1, -0.05) is 0 Å². The second kappa shape index (κ2) is 5.59. The van der Waals surface area contributed by atoms with Crippen LogP contribution in [0, 0.1) is 5.82 Å². The Bertz CT molecular complexity index is 472. The lowest BCUT2D eigenvalue weighted by molar-refractivity contribution is -0.117. The topological polar surface area (TPSA) is 75.4 Å². The summed E-state index contributed by atoms with van der Waals surface area (Å²) in [4.78, 5) is 24.3. The first kappa shape index (κ1) is 14.1. The Morgan fingerprint density at radius 3 is 2.50 bits per heavy atom. The second-order valence-electron chi connectivity index (χ2n) is 4.17. The maximum Gasteiger partial charge on any atom is 0.256 e. The molecule has 1 rings (SSSR count). The van der Waals surface area contributed by atoms with Gasteiger partial charge < -0.3 is 16.0 Å². The number of hydrogen-bond donors (Lipinski definition) is 2. The van der Waals surface area contributed by atoms with Crippen molar-refractivity contribution in [3.05, 3.63) is 29.6 Å². The Morgan fingerprint density at radius 1 is 1.39 bits per heavy atom. The third-order valence-electron chi connectivity index (χ3n) is 2.28. The molecule has 1 atom stereocenters. The van der Waals surface area contributed by atoms with Gasteiger partial charge in [-0.25, -0.2) is 4.39 Å². The number of amides is 2. The van der Waals surface area contributed by atoms with Crippen molar-refractivity contribution in [3.8, 4) is 0 Å². The van der Waals surface area contributed by atoms with Crippen LogP contribution in [0.1, 0.15) is 17.3 Å². The summed E-state index contributed by atoms with van der Waals surface area (Å²) in [5, 5.41) is 2.50. The minimum Gasteiger partial charge on any atom is -0.345 e. The van der Waals surface area contributed by atoms with Crippen molar-refractivity contribution in [2.24, 2.45) is 5.73 Å². The van der Waals surface area contributed by atoms with Crippen LogP contribution in [0.4, 0.5) is 10.1 Å². The van der Waals surface area contributed by atoms with Crippen molar-refractivity contribution in [3.63, 3.8) is 0 Å². The van der Waals surface area contributed by atoms with E-state index >= 15 is 0 Å². The molecule has 0 saturated heterocycles. The standard InChI is InChI=1S/C12H16FN3O2/c1-7(14)11(17)15-8-4-5-10(13)9(6-8)12(18)16(2)3/h4-7H,14H2,1-3H3,(H,15,17)/t7-/m0/s1. The second-order valence-corrected chi connectivity index (χ2v) is 4.17. The third-order valence-corrected chi connectivity index (χ3v) is 2.28. The predicted molar refractivity (Wildman–Crippen MR) is 66.7 cm³/mol. The number of halogens is 1. The highest BCUT2D eigenvalue weighted by Crippen LogP contribution is 2.16. The van der Waals surface area contributed by atoms with E-state index in [1.54, 1.807) is 0 Å². The smallest absolute Gasteiger partial charge is 0.256 e. The molecule has 0 aliphatic carbocycles. The summed E-state index contributed by atoms with van der Waals surface area (Å²) in [5.41, 5.74) is 5.64. The lowest BCUT2D eigenvalue weighted by Crippen LogP contribution is -2.32. The molecule has 6 heteroatoms. The van der Waals surface area contributed by atoms with Gasteiger partial charge in [-0.3, -0.25) is 9.59 Å². The zero-order valence-electron chi connectivity index (χ0n) is 10.5. The first-order valence-corrected chi connectivity index (χ1v) is 5.40. The largest absolute Gasteiger partial charge is 0.345 e. The van der Waals surface area contributed by atoms with Gasteiger partial charge in [-0.05, 0) is 25.1 Å². The fourth-order valence-electron chi connectivity index (χ4n) is 1.26. The van der Waals surface area contributed by atoms with E-state index in [4.69, 9.17) is 5.73 Å². The van der Waals surface area contributed by atoms with Crippen molar-refractivity contribution in [2.75, 3.05) is 19.4 Å². The van der Waals surface area contributed by atoms with Gasteiger partial charge in [-0.15, -0.1) is 0 Å². The number of nitrogens with zero attached hydrogens (tertiary/aromatic N) is 1. The van der Waals surface area contributed by atoms with E-state index in [9.17, 15) is 14.0 Å². The molecule has 98 valence electrons. The molecule has 0 radical (unpaired) electrons. The average molecular weight is 253 g/mol. The molecule has 1 aromatic carbocycles. The maximum atomic E-state index is 13.5. The highest BCUT2D eigenvalue weighted by Gasteiger charge is 2.15. The van der Waals surface area contributed by atoms with E-state index in [1.165, 1.54) is 38.1 Å². The number of rotatable bonds is 3. The highest BCUT2D eigenvalue weighted by atomic mass is 19.1. The van der Waals surface area contributed by atoms with Crippen LogP contribution >= 0.6 is 0 Å². The molecule has 0 saturated carbocycles. The SMILES string of the molecule is C[C@H](N)C(=O)Nc1ccc(F)c(C(=O)N(C)C)c1. The van der Waals surface area contributed by atoms with Gasteiger partial charge in [0.1, 0.15) is 5.82 Å². The van der Waals surface area contributed by atoms with Crippen LogP contribution < -0.4 is 11.1 Å². The van der Waals surface area contributed by atoms with Gasteiger partial charge in [0.2, 0.25) is 5.91 Å². The molecule has 0 aliphatic heterocycles. The summed E-state index contributed by atoms with van der Waals surface area (Å²) in [7, 11) is 3.05. The number of benzene rings is 1. The molecular weight excluding hydrogens is 237 g/mol. The molecule has 0 aliphatic rings. The average Bonchev–Trinajstić information content (AvgIpc) is 2.30. The quantitative estimate of drug-likeness (QED) is 0.837. The number of nitrogens with two attached hydrogens (primary N) is 1. The molecule has 0 fully saturated rings. The molecule has 3 N–H and O–H groups in total. The Labute approximate surface area is 105 Å². The van der Waals surface area contributed by atoms with Crippen molar-refractivity contribution in [2.45, 2.75) is 13.0 Å². The maximum absolute atomic E-state index is 13.5. The van der Waals surface area contributed by atoms with E-state index in [2.05, 4.69) is 5.32 Å². The van der Waals surface area contributed by atoms with Crippen LogP contribution in [0.3, 0.4) is 0 Å². The van der Waals surface area contributed by atoms with E-state index in [0.717, 1.165) is 6.07 Å². The summed E-state index contributed by atoms with van der Waals surface area (Å²) in [6, 6.07) is 3.12. The van der Waals surface area contributed by atoms with E-state index in [0.29, 0.717) is 5.69 Å². The van der Waals surface area contributed by atoms with Gasteiger partial charge in [0.15, 0.2) is 0 Å². The Kier molecular flexibility index (Phi) is 4.38. The summed E-state index contributed by atoms with van der Waals surface area (Å²) < 4.78 is 13.5. The zero-order valence-corrected chi connectivity index (χ0v) is 10.5. The lowest BCUT2D eigenvalue weighted by Gasteiger charge is -2.13. The van der Waals surface area contributed by atoms with Gasteiger partial charge >= 0.3 is 0 Å². The zero-order chi connectivity index (χ0) is 13.9. The van der Waals surface area contributed by atoms with Crippen LogP contribution in [0.25, 0.3) is 0 Å². The monoisotopic (exact) mass is 253 g/mol. The van der Waals surface area contributed by atoms with E-state index in [1.807, 2.05) is 0 Å². The molecule has 1 aromatic rings. The number of carbonyl (C=O) groups is 2. The molecule has 0 bridgehead atoms. The molecule has 0 heterocycles. The van der Waals surface area contributed by atoms with Crippen molar-refractivity contribution in [1.82, 2.24) is 4.90 Å². The highest BCUT2D eigenvalue weighted by molar-refractivity contribution is 5.98. The lowest BCUT2D eigenvalue weighted by atomic mass is 10.1. The Morgan fingerprint density at radius 2 is 2.00 bits per heavy atom. The predicted octanol–water partition coefficient (Wildman–Crippen LogP) is 0.813. The van der Waals surface area contributed by atoms with Crippen LogP contribution in [-0.4, -0.2) is 36.9 Å². The molecule has 0 aromatic heterocycles. The van der Waals surface area contributed by atoms with Gasteiger partial charge in [0.25, 0.3) is 5.91 Å². The first-order valence-electron chi connectivity index (χ1n) is 5.40. The molecule has 18 heavy (non-hydrogen) atoms. The number of anilines is 1. The minimum atomic E-state index is -0.678. The summed E-state index contributed by atoms with van der Waals surface area (Å²) in [6.07, 6.45) is 0. The number of nitrogens with one attached hydrogen (secondary N) is 1. The molecule has 5 nitrogen and oxygen atoms in total. The van der Waals surface area contributed by atoms with Gasteiger partial charge in [0.05, 0.1) is 11.6 Å².